The summed E-state index contributed by atoms with van der Waals surface area (Å²) in [5.74, 6) is -0.192. The van der Waals surface area contributed by atoms with E-state index >= 15 is 0 Å². The normalized spacial score (nSPS) is 9.67. The van der Waals surface area contributed by atoms with Crippen molar-refractivity contribution in [3.8, 4) is 0 Å². The summed E-state index contributed by atoms with van der Waals surface area (Å²) < 4.78 is 4.68. The van der Waals surface area contributed by atoms with Gasteiger partial charge in [0.2, 0.25) is 0 Å². The van der Waals surface area contributed by atoms with E-state index < -0.39 is 0 Å². The van der Waals surface area contributed by atoms with E-state index in [4.69, 9.17) is 0 Å². The molecule has 1 aromatic carbocycles. The van der Waals surface area contributed by atoms with Gasteiger partial charge in [0.15, 0.2) is 0 Å². The first-order valence-electron chi connectivity index (χ1n) is 6.11. The lowest BCUT2D eigenvalue weighted by Gasteiger charge is -2.08. The van der Waals surface area contributed by atoms with E-state index in [2.05, 4.69) is 18.6 Å². The summed E-state index contributed by atoms with van der Waals surface area (Å²) in [6, 6.07) is 7.95. The van der Waals surface area contributed by atoms with Crippen molar-refractivity contribution in [1.29, 1.82) is 0 Å². The molecule has 2 nitrogen and oxygen atoms in total. The molecule has 1 aromatic rings. The van der Waals surface area contributed by atoms with Crippen LogP contribution in [0.15, 0.2) is 29.2 Å². The number of hydrogen-bond donors (Lipinski definition) is 0. The van der Waals surface area contributed by atoms with Gasteiger partial charge in [-0.05, 0) is 11.6 Å². The van der Waals surface area contributed by atoms with Crippen molar-refractivity contribution < 1.29 is 9.53 Å². The van der Waals surface area contributed by atoms with Gasteiger partial charge in [-0.2, -0.15) is 0 Å². The Balaban J connectivity index is 0.00000137. The van der Waals surface area contributed by atoms with Crippen LogP contribution in [0, 0.1) is 0 Å². The van der Waals surface area contributed by atoms with Crippen LogP contribution in [0.2, 0.25) is 0 Å². The molecule has 0 aromatic heterocycles. The zero-order valence-corrected chi connectivity index (χ0v) is 13.4. The molecule has 0 atom stereocenters. The van der Waals surface area contributed by atoms with Gasteiger partial charge < -0.3 is 4.74 Å². The molecule has 0 amide bonds. The average Bonchev–Trinajstić information content (AvgIpc) is 2.39. The number of methoxy groups -OCH3 is 1. The van der Waals surface area contributed by atoms with Crippen molar-refractivity contribution in [2.45, 2.75) is 44.3 Å². The van der Waals surface area contributed by atoms with Gasteiger partial charge in [0.1, 0.15) is 0 Å². The summed E-state index contributed by atoms with van der Waals surface area (Å²) in [6.07, 6.45) is 0.346. The van der Waals surface area contributed by atoms with E-state index in [9.17, 15) is 4.79 Å². The third-order valence-electron chi connectivity index (χ3n) is 1.87. The van der Waals surface area contributed by atoms with Crippen molar-refractivity contribution in [2.24, 2.45) is 0 Å². The number of benzene rings is 1. The van der Waals surface area contributed by atoms with Gasteiger partial charge in [-0.3, -0.25) is 4.79 Å². The second-order valence-electron chi connectivity index (χ2n) is 3.59. The van der Waals surface area contributed by atoms with Gasteiger partial charge in [-0.25, -0.2) is 0 Å². The Labute approximate surface area is 118 Å². The highest BCUT2D eigenvalue weighted by atomic mass is 33.1. The molecule has 0 aliphatic rings. The first-order chi connectivity index (χ1) is 8.63. The molecule has 18 heavy (non-hydrogen) atoms. The highest BCUT2D eigenvalue weighted by Crippen LogP contribution is 2.36. The van der Waals surface area contributed by atoms with E-state index in [1.54, 1.807) is 21.6 Å². The highest BCUT2D eigenvalue weighted by Gasteiger charge is 2.08. The maximum Gasteiger partial charge on any atom is 0.310 e. The molecule has 0 fully saturated rings. The van der Waals surface area contributed by atoms with E-state index in [0.717, 1.165) is 10.5 Å². The molecule has 0 saturated carbocycles. The molecule has 0 unspecified atom stereocenters. The van der Waals surface area contributed by atoms with E-state index in [0.29, 0.717) is 11.7 Å². The number of rotatable bonds is 5. The molecule has 102 valence electrons. The molecule has 1 rings (SSSR count). The lowest BCUT2D eigenvalue weighted by molar-refractivity contribution is -0.139. The van der Waals surface area contributed by atoms with Crippen molar-refractivity contribution in [3.05, 3.63) is 29.8 Å². The molecule has 0 heterocycles. The van der Waals surface area contributed by atoms with Crippen LogP contribution >= 0.6 is 21.6 Å². The third-order valence-corrected chi connectivity index (χ3v) is 4.91. The standard InChI is InChI=1S/C12H16O2S2.C2H6/c1-9(2)15-16-11-7-5-4-6-10(11)8-12(13)14-3;1-2/h4-7,9H,8H2,1-3H3;1-2H3. The zero-order valence-electron chi connectivity index (χ0n) is 11.7. The summed E-state index contributed by atoms with van der Waals surface area (Å²) in [6.45, 7) is 8.31. The molecule has 0 bridgehead atoms. The van der Waals surface area contributed by atoms with Crippen molar-refractivity contribution in [2.75, 3.05) is 7.11 Å². The maximum absolute atomic E-state index is 11.2. The van der Waals surface area contributed by atoms with Gasteiger partial charge in [0.25, 0.3) is 0 Å². The van der Waals surface area contributed by atoms with Crippen LogP contribution in [-0.4, -0.2) is 18.3 Å². The predicted octanol–water partition coefficient (Wildman–Crippen LogP) is 4.58. The number of carbonyl (C=O) groups excluding carboxylic acids is 1. The summed E-state index contributed by atoms with van der Waals surface area (Å²) in [5.41, 5.74) is 1.03. The van der Waals surface area contributed by atoms with Gasteiger partial charge in [0.05, 0.1) is 13.5 Å². The number of hydrogen-bond acceptors (Lipinski definition) is 4. The van der Waals surface area contributed by atoms with Crippen LogP contribution in [0.5, 0.6) is 0 Å². The average molecular weight is 286 g/mol. The van der Waals surface area contributed by atoms with E-state index in [1.165, 1.54) is 7.11 Å². The monoisotopic (exact) mass is 286 g/mol. The first-order valence-corrected chi connectivity index (χ1v) is 8.33. The quantitative estimate of drug-likeness (QED) is 0.585. The highest BCUT2D eigenvalue weighted by molar-refractivity contribution is 8.76. The van der Waals surface area contributed by atoms with Gasteiger partial charge >= 0.3 is 5.97 Å². The van der Waals surface area contributed by atoms with Crippen molar-refractivity contribution in [3.63, 3.8) is 0 Å². The Morgan fingerprint density at radius 1 is 1.28 bits per heavy atom. The summed E-state index contributed by atoms with van der Waals surface area (Å²) in [4.78, 5) is 12.4. The molecule has 4 heteroatoms. The Morgan fingerprint density at radius 2 is 1.89 bits per heavy atom. The second-order valence-corrected chi connectivity index (χ2v) is 6.41. The Morgan fingerprint density at radius 3 is 2.44 bits per heavy atom. The van der Waals surface area contributed by atoms with Crippen LogP contribution in [0.4, 0.5) is 0 Å². The fourth-order valence-corrected chi connectivity index (χ4v) is 3.16. The van der Waals surface area contributed by atoms with Gasteiger partial charge in [0, 0.05) is 10.1 Å². The molecular weight excluding hydrogens is 264 g/mol. The molecule has 0 spiro atoms. The van der Waals surface area contributed by atoms with Crippen LogP contribution < -0.4 is 0 Å². The van der Waals surface area contributed by atoms with Gasteiger partial charge in [-0.1, -0.05) is 67.5 Å². The molecule has 0 aliphatic carbocycles. The fraction of sp³-hybridized carbons (Fsp3) is 0.500. The third kappa shape index (κ3) is 6.97. The lowest BCUT2D eigenvalue weighted by Crippen LogP contribution is -2.05. The minimum Gasteiger partial charge on any atom is -0.469 e. The number of ether oxygens (including phenoxy) is 1. The largest absolute Gasteiger partial charge is 0.469 e. The topological polar surface area (TPSA) is 26.3 Å². The molecular formula is C14H22O2S2. The maximum atomic E-state index is 11.2. The SMILES string of the molecule is CC.COC(=O)Cc1ccccc1SSC(C)C. The summed E-state index contributed by atoms with van der Waals surface area (Å²) in [7, 11) is 4.93. The number of carbonyl (C=O) groups is 1. The lowest BCUT2D eigenvalue weighted by atomic mass is 10.1. The van der Waals surface area contributed by atoms with Crippen LogP contribution in [-0.2, 0) is 16.0 Å². The van der Waals surface area contributed by atoms with E-state index in [1.807, 2.05) is 38.1 Å². The minimum absolute atomic E-state index is 0.192. The molecule has 0 N–H and O–H groups in total. The fourth-order valence-electron chi connectivity index (χ4n) is 1.11. The van der Waals surface area contributed by atoms with Crippen LogP contribution in [0.25, 0.3) is 0 Å². The van der Waals surface area contributed by atoms with Crippen molar-refractivity contribution >= 4 is 27.6 Å². The number of esters is 1. The summed E-state index contributed by atoms with van der Waals surface area (Å²) >= 11 is 0. The van der Waals surface area contributed by atoms with Gasteiger partial charge in [-0.15, -0.1) is 0 Å². The van der Waals surface area contributed by atoms with Crippen LogP contribution in [0.3, 0.4) is 0 Å². The van der Waals surface area contributed by atoms with E-state index in [-0.39, 0.29) is 5.97 Å². The minimum atomic E-state index is -0.192. The van der Waals surface area contributed by atoms with Crippen molar-refractivity contribution in [1.82, 2.24) is 0 Å². The van der Waals surface area contributed by atoms with Crippen LogP contribution in [0.1, 0.15) is 33.3 Å². The second kappa shape index (κ2) is 10.3. The smallest absolute Gasteiger partial charge is 0.310 e. The molecule has 0 saturated heterocycles. The Kier molecular flexibility index (Phi) is 9.98. The first kappa shape index (κ1) is 17.4. The Hall–Kier alpha value is -0.610. The predicted molar refractivity (Wildman–Crippen MR) is 82.1 cm³/mol. The molecule has 0 aliphatic heterocycles. The Bertz CT molecular complexity index is 351. The zero-order chi connectivity index (χ0) is 14.0. The summed E-state index contributed by atoms with van der Waals surface area (Å²) in [5, 5.41) is 0.566. The molecule has 0 radical (unpaired) electrons.